The molecule has 190 valence electrons. The van der Waals surface area contributed by atoms with Gasteiger partial charge < -0.3 is 15.0 Å². The van der Waals surface area contributed by atoms with Crippen LogP contribution in [0, 0.1) is 13.8 Å². The normalized spacial score (nSPS) is 11.0. The molecule has 0 aliphatic rings. The third kappa shape index (κ3) is 5.04. The smallest absolute Gasteiger partial charge is 0.336 e. The molecule has 0 saturated carbocycles. The maximum atomic E-state index is 12.8. The average molecular weight is 524 g/mol. The van der Waals surface area contributed by atoms with Gasteiger partial charge in [-0.1, -0.05) is 54.1 Å². The first kappa shape index (κ1) is 25.2. The second kappa shape index (κ2) is 10.5. The lowest BCUT2D eigenvalue weighted by molar-refractivity contribution is 0.0697. The molecule has 0 spiro atoms. The molecule has 0 fully saturated rings. The Morgan fingerprint density at radius 1 is 0.974 bits per heavy atom. The highest BCUT2D eigenvalue weighted by Crippen LogP contribution is 2.29. The molecule has 38 heavy (non-hydrogen) atoms. The van der Waals surface area contributed by atoms with Crippen molar-refractivity contribution in [3.05, 3.63) is 124 Å². The van der Waals surface area contributed by atoms with Gasteiger partial charge in [0, 0.05) is 39.9 Å². The monoisotopic (exact) mass is 523 g/mol. The van der Waals surface area contributed by atoms with Crippen molar-refractivity contribution < 1.29 is 14.7 Å². The summed E-state index contributed by atoms with van der Waals surface area (Å²) in [6.07, 6.45) is 1.62. The van der Waals surface area contributed by atoms with Crippen molar-refractivity contribution in [3.8, 4) is 11.1 Å². The highest BCUT2D eigenvalue weighted by atomic mass is 35.5. The number of amides is 1. The van der Waals surface area contributed by atoms with E-state index in [0.29, 0.717) is 34.9 Å². The van der Waals surface area contributed by atoms with Crippen molar-refractivity contribution in [2.75, 3.05) is 0 Å². The first-order valence-electron chi connectivity index (χ1n) is 12.2. The summed E-state index contributed by atoms with van der Waals surface area (Å²) in [6.45, 7) is 5.10. The number of carboxylic acid groups (broad SMARTS) is 1. The number of carbonyl (C=O) groups excluding carboxylic acids is 1. The Bertz CT molecular complexity index is 1670. The van der Waals surface area contributed by atoms with Crippen molar-refractivity contribution >= 4 is 34.4 Å². The molecule has 0 radical (unpaired) electrons. The van der Waals surface area contributed by atoms with Gasteiger partial charge in [-0.25, -0.2) is 4.79 Å². The Labute approximate surface area is 225 Å². The van der Waals surface area contributed by atoms with Gasteiger partial charge in [-0.3, -0.25) is 9.78 Å². The van der Waals surface area contributed by atoms with Crippen LogP contribution in [-0.2, 0) is 13.1 Å². The van der Waals surface area contributed by atoms with Crippen molar-refractivity contribution in [2.45, 2.75) is 26.9 Å². The van der Waals surface area contributed by atoms with E-state index >= 15 is 0 Å². The second-order valence-corrected chi connectivity index (χ2v) is 9.66. The third-order valence-corrected chi connectivity index (χ3v) is 7.11. The summed E-state index contributed by atoms with van der Waals surface area (Å²) >= 11 is 6.01. The van der Waals surface area contributed by atoms with E-state index in [1.165, 1.54) is 0 Å². The number of hydrogen-bond donors (Lipinski definition) is 2. The maximum absolute atomic E-state index is 12.8. The minimum Gasteiger partial charge on any atom is -0.478 e. The van der Waals surface area contributed by atoms with E-state index in [4.69, 9.17) is 11.6 Å². The van der Waals surface area contributed by atoms with Gasteiger partial charge >= 0.3 is 5.97 Å². The predicted molar refractivity (Wildman–Crippen MR) is 150 cm³/mol. The number of aromatic nitrogens is 2. The molecule has 5 aromatic rings. The van der Waals surface area contributed by atoms with E-state index in [2.05, 4.69) is 28.7 Å². The lowest BCUT2D eigenvalue weighted by Gasteiger charge is -2.11. The fourth-order valence-electron chi connectivity index (χ4n) is 4.71. The molecule has 2 N–H and O–H groups in total. The first-order valence-corrected chi connectivity index (χ1v) is 12.6. The van der Waals surface area contributed by atoms with E-state index in [9.17, 15) is 14.7 Å². The molecule has 0 saturated heterocycles. The van der Waals surface area contributed by atoms with Gasteiger partial charge in [0.2, 0.25) is 0 Å². The van der Waals surface area contributed by atoms with Crippen LogP contribution in [0.2, 0.25) is 5.02 Å². The number of carbonyl (C=O) groups is 2. The molecule has 0 aliphatic heterocycles. The Kier molecular flexibility index (Phi) is 6.99. The summed E-state index contributed by atoms with van der Waals surface area (Å²) in [7, 11) is 0. The second-order valence-electron chi connectivity index (χ2n) is 9.22. The third-order valence-electron chi connectivity index (χ3n) is 6.87. The van der Waals surface area contributed by atoms with Crippen LogP contribution in [0.4, 0.5) is 0 Å². The van der Waals surface area contributed by atoms with Crippen molar-refractivity contribution in [2.24, 2.45) is 0 Å². The Morgan fingerprint density at radius 2 is 1.74 bits per heavy atom. The van der Waals surface area contributed by atoms with Crippen LogP contribution in [0.15, 0.2) is 85.1 Å². The van der Waals surface area contributed by atoms with E-state index in [0.717, 1.165) is 33.3 Å². The molecule has 2 aromatic heterocycles. The van der Waals surface area contributed by atoms with Crippen LogP contribution in [0.3, 0.4) is 0 Å². The molecule has 6 nitrogen and oxygen atoms in total. The average Bonchev–Trinajstić information content (AvgIpc) is 3.16. The fourth-order valence-corrected chi connectivity index (χ4v) is 4.89. The van der Waals surface area contributed by atoms with Crippen molar-refractivity contribution in [3.63, 3.8) is 0 Å². The van der Waals surface area contributed by atoms with Crippen molar-refractivity contribution in [1.29, 1.82) is 0 Å². The lowest BCUT2D eigenvalue weighted by atomic mass is 9.99. The van der Waals surface area contributed by atoms with Crippen LogP contribution < -0.4 is 5.32 Å². The highest BCUT2D eigenvalue weighted by Gasteiger charge is 2.15. The fraction of sp³-hybridized carbons (Fsp3) is 0.129. The number of carboxylic acids is 1. The summed E-state index contributed by atoms with van der Waals surface area (Å²) in [4.78, 5) is 28.7. The topological polar surface area (TPSA) is 84.2 Å². The number of hydrogen-bond acceptors (Lipinski definition) is 3. The zero-order valence-corrected chi connectivity index (χ0v) is 21.8. The SMILES string of the molecule is Cc1c(C)n(Cc2ccc(-c3ccccc3C(=O)O)cc2)c2ccc(C(=O)NCc3cc(Cl)ccn3)cc12. The molecule has 0 bridgehead atoms. The number of nitrogens with one attached hydrogen (secondary N) is 1. The van der Waals surface area contributed by atoms with Crippen LogP contribution in [-0.4, -0.2) is 26.5 Å². The maximum Gasteiger partial charge on any atom is 0.336 e. The van der Waals surface area contributed by atoms with Crippen LogP contribution in [0.5, 0.6) is 0 Å². The largest absolute Gasteiger partial charge is 0.478 e. The molecule has 0 aliphatic carbocycles. The quantitative estimate of drug-likeness (QED) is 0.250. The molecule has 5 rings (SSSR count). The minimum absolute atomic E-state index is 0.171. The summed E-state index contributed by atoms with van der Waals surface area (Å²) in [5.41, 5.74) is 7.52. The standard InChI is InChI=1S/C31H26ClN3O3/c1-19-20(2)35(18-21-7-9-22(10-8-21)26-5-3-4-6-27(26)31(37)38)29-12-11-23(15-28(19)29)30(36)34-17-25-16-24(32)13-14-33-25/h3-16H,17-18H2,1-2H3,(H,34,36)(H,37,38). The number of aromatic carboxylic acids is 1. The zero-order chi connectivity index (χ0) is 26.8. The van der Waals surface area contributed by atoms with Gasteiger partial charge in [0.25, 0.3) is 5.91 Å². The van der Waals surface area contributed by atoms with Crippen LogP contribution in [0.25, 0.3) is 22.0 Å². The molecular formula is C31H26ClN3O3. The van der Waals surface area contributed by atoms with Gasteiger partial charge in [-0.05, 0) is 72.5 Å². The molecule has 7 heteroatoms. The van der Waals surface area contributed by atoms with Crippen molar-refractivity contribution in [1.82, 2.24) is 14.9 Å². The molecule has 3 aromatic carbocycles. The molecular weight excluding hydrogens is 498 g/mol. The number of pyridine rings is 1. The number of rotatable bonds is 7. The van der Waals surface area contributed by atoms with E-state index < -0.39 is 5.97 Å². The highest BCUT2D eigenvalue weighted by molar-refractivity contribution is 6.30. The summed E-state index contributed by atoms with van der Waals surface area (Å²) in [6, 6.07) is 24.2. The van der Waals surface area contributed by atoms with E-state index in [1.54, 1.807) is 30.5 Å². The van der Waals surface area contributed by atoms with Crippen LogP contribution in [0.1, 0.15) is 43.2 Å². The van der Waals surface area contributed by atoms with Gasteiger partial charge in [0.15, 0.2) is 0 Å². The summed E-state index contributed by atoms with van der Waals surface area (Å²) in [5.74, 6) is -1.11. The molecule has 2 heterocycles. The van der Waals surface area contributed by atoms with Crippen LogP contribution >= 0.6 is 11.6 Å². The number of nitrogens with zero attached hydrogens (tertiary/aromatic N) is 2. The number of aryl methyl sites for hydroxylation is 1. The van der Waals surface area contributed by atoms with Gasteiger partial charge in [0.1, 0.15) is 0 Å². The Hall–Kier alpha value is -4.42. The Balaban J connectivity index is 1.37. The number of halogens is 1. The Morgan fingerprint density at radius 3 is 2.47 bits per heavy atom. The van der Waals surface area contributed by atoms with Gasteiger partial charge in [0.05, 0.1) is 17.8 Å². The van der Waals surface area contributed by atoms with E-state index in [-0.39, 0.29) is 11.5 Å². The predicted octanol–water partition coefficient (Wildman–Crippen LogP) is 6.65. The van der Waals surface area contributed by atoms with E-state index in [1.807, 2.05) is 54.6 Å². The summed E-state index contributed by atoms with van der Waals surface area (Å²) < 4.78 is 2.24. The van der Waals surface area contributed by atoms with Gasteiger partial charge in [-0.15, -0.1) is 0 Å². The first-order chi connectivity index (χ1) is 18.3. The van der Waals surface area contributed by atoms with Gasteiger partial charge in [-0.2, -0.15) is 0 Å². The number of fused-ring (bicyclic) bond motifs is 1. The minimum atomic E-state index is -0.941. The number of benzene rings is 3. The molecule has 0 unspecified atom stereocenters. The zero-order valence-electron chi connectivity index (χ0n) is 21.0. The molecule has 1 amide bonds. The summed E-state index contributed by atoms with van der Waals surface area (Å²) in [5, 5.41) is 14.0. The molecule has 0 atom stereocenters. The lowest BCUT2D eigenvalue weighted by Crippen LogP contribution is -2.23.